The predicted octanol–water partition coefficient (Wildman–Crippen LogP) is 3.12. The molecule has 1 fully saturated rings. The number of carbonyl (C=O) groups excluding carboxylic acids is 2. The van der Waals surface area contributed by atoms with Crippen LogP contribution in [0, 0.1) is 0 Å². The maximum absolute atomic E-state index is 12.9. The van der Waals surface area contributed by atoms with Crippen molar-refractivity contribution in [1.29, 1.82) is 0 Å². The lowest BCUT2D eigenvalue weighted by Gasteiger charge is -2.35. The highest BCUT2D eigenvalue weighted by Gasteiger charge is 2.25. The van der Waals surface area contributed by atoms with Crippen LogP contribution in [0.25, 0.3) is 0 Å². The van der Waals surface area contributed by atoms with Crippen LogP contribution in [0.4, 0.5) is 10.8 Å². The Balaban J connectivity index is 1.36. The summed E-state index contributed by atoms with van der Waals surface area (Å²) < 4.78 is 32.7. The standard InChI is InChI=1S/C23H24N4O5S2/c1-16(28)17-3-5-18(6-4-17)26-11-13-27(14-12-26)22(29)21-15-33-23(24-21)25-34(30,31)20-9-7-19(32-2)8-10-20/h3-10,15H,11-14H2,1-2H3,(H,24,25). The molecule has 0 saturated carbocycles. The van der Waals surface area contributed by atoms with Crippen molar-refractivity contribution >= 4 is 43.9 Å². The van der Waals surface area contributed by atoms with Crippen LogP contribution in [-0.2, 0) is 10.0 Å². The number of amides is 1. The molecule has 1 aliphatic heterocycles. The van der Waals surface area contributed by atoms with Crippen molar-refractivity contribution in [2.75, 3.05) is 42.9 Å². The number of rotatable bonds is 7. The second kappa shape index (κ2) is 9.82. The van der Waals surface area contributed by atoms with Gasteiger partial charge in [0.1, 0.15) is 11.4 Å². The molecule has 11 heteroatoms. The number of ether oxygens (including phenoxy) is 1. The highest BCUT2D eigenvalue weighted by atomic mass is 32.2. The second-order valence-corrected chi connectivity index (χ2v) is 10.2. The first-order valence-electron chi connectivity index (χ1n) is 10.5. The van der Waals surface area contributed by atoms with E-state index in [4.69, 9.17) is 4.74 Å². The van der Waals surface area contributed by atoms with Crippen molar-refractivity contribution in [1.82, 2.24) is 9.88 Å². The Kier molecular flexibility index (Phi) is 6.85. The van der Waals surface area contributed by atoms with E-state index in [1.54, 1.807) is 34.5 Å². The van der Waals surface area contributed by atoms with Gasteiger partial charge in [0.15, 0.2) is 10.9 Å². The Bertz CT molecular complexity index is 1280. The number of hydrogen-bond donors (Lipinski definition) is 1. The molecular weight excluding hydrogens is 476 g/mol. The summed E-state index contributed by atoms with van der Waals surface area (Å²) in [4.78, 5) is 32.5. The van der Waals surface area contributed by atoms with Crippen molar-refractivity contribution in [3.63, 3.8) is 0 Å². The summed E-state index contributed by atoms with van der Waals surface area (Å²) >= 11 is 1.06. The molecule has 0 spiro atoms. The van der Waals surface area contributed by atoms with E-state index in [1.165, 1.54) is 26.2 Å². The van der Waals surface area contributed by atoms with Crippen molar-refractivity contribution in [2.24, 2.45) is 0 Å². The van der Waals surface area contributed by atoms with E-state index in [0.717, 1.165) is 17.0 Å². The van der Waals surface area contributed by atoms with Crippen molar-refractivity contribution in [2.45, 2.75) is 11.8 Å². The number of nitrogens with zero attached hydrogens (tertiary/aromatic N) is 3. The number of piperazine rings is 1. The zero-order valence-electron chi connectivity index (χ0n) is 18.7. The van der Waals surface area contributed by atoms with Gasteiger partial charge in [0.25, 0.3) is 15.9 Å². The minimum absolute atomic E-state index is 0.0240. The highest BCUT2D eigenvalue weighted by Crippen LogP contribution is 2.23. The number of methoxy groups -OCH3 is 1. The average molecular weight is 501 g/mol. The van der Waals surface area contributed by atoms with Crippen LogP contribution in [0.1, 0.15) is 27.8 Å². The molecule has 1 saturated heterocycles. The Morgan fingerprint density at radius 2 is 1.65 bits per heavy atom. The molecule has 34 heavy (non-hydrogen) atoms. The predicted molar refractivity (Wildman–Crippen MR) is 130 cm³/mol. The molecule has 178 valence electrons. The van der Waals surface area contributed by atoms with Crippen LogP contribution in [0.2, 0.25) is 0 Å². The summed E-state index contributed by atoms with van der Waals surface area (Å²) in [5.74, 6) is 0.336. The van der Waals surface area contributed by atoms with E-state index in [1.807, 2.05) is 12.1 Å². The molecule has 0 aliphatic carbocycles. The summed E-state index contributed by atoms with van der Waals surface area (Å²) in [5.41, 5.74) is 1.87. The number of nitrogens with one attached hydrogen (secondary N) is 1. The first kappa shape index (κ1) is 23.7. The summed E-state index contributed by atoms with van der Waals surface area (Å²) in [6.07, 6.45) is 0. The number of Topliss-reactive ketones (excluding diaryl/α,β-unsaturated/α-hetero) is 1. The lowest BCUT2D eigenvalue weighted by molar-refractivity contribution is 0.0741. The van der Waals surface area contributed by atoms with Gasteiger partial charge in [-0.1, -0.05) is 0 Å². The zero-order chi connectivity index (χ0) is 24.3. The van der Waals surface area contributed by atoms with Gasteiger partial charge in [-0.2, -0.15) is 0 Å². The Hall–Kier alpha value is -3.44. The minimum atomic E-state index is -3.83. The van der Waals surface area contributed by atoms with Crippen LogP contribution in [-0.4, -0.2) is 63.3 Å². The summed E-state index contributed by atoms with van der Waals surface area (Å²) in [6, 6.07) is 13.4. The normalized spacial score (nSPS) is 14.1. The third-order valence-electron chi connectivity index (χ3n) is 5.52. The third-order valence-corrected chi connectivity index (χ3v) is 7.76. The molecule has 1 aromatic heterocycles. The molecule has 9 nitrogen and oxygen atoms in total. The first-order chi connectivity index (χ1) is 16.3. The molecule has 2 heterocycles. The molecular formula is C23H24N4O5S2. The van der Waals surface area contributed by atoms with Gasteiger partial charge in [0.05, 0.1) is 12.0 Å². The van der Waals surface area contributed by atoms with Gasteiger partial charge in [-0.15, -0.1) is 11.3 Å². The molecule has 0 atom stereocenters. The van der Waals surface area contributed by atoms with E-state index >= 15 is 0 Å². The van der Waals surface area contributed by atoms with Gasteiger partial charge in [-0.05, 0) is 55.5 Å². The summed E-state index contributed by atoms with van der Waals surface area (Å²) in [5, 5.41) is 1.68. The van der Waals surface area contributed by atoms with Gasteiger partial charge in [-0.25, -0.2) is 13.4 Å². The fourth-order valence-corrected chi connectivity index (χ4v) is 5.52. The average Bonchev–Trinajstić information content (AvgIpc) is 3.31. The molecule has 0 unspecified atom stereocenters. The number of ketones is 1. The lowest BCUT2D eigenvalue weighted by atomic mass is 10.1. The smallest absolute Gasteiger partial charge is 0.273 e. The van der Waals surface area contributed by atoms with E-state index in [9.17, 15) is 18.0 Å². The van der Waals surface area contributed by atoms with Crippen LogP contribution in [0.5, 0.6) is 5.75 Å². The number of sulfonamides is 1. The molecule has 0 radical (unpaired) electrons. The lowest BCUT2D eigenvalue weighted by Crippen LogP contribution is -2.48. The van der Waals surface area contributed by atoms with Crippen LogP contribution in [0.15, 0.2) is 58.8 Å². The van der Waals surface area contributed by atoms with Crippen LogP contribution in [0.3, 0.4) is 0 Å². The molecule has 2 aromatic carbocycles. The molecule has 1 aliphatic rings. The van der Waals surface area contributed by atoms with Gasteiger partial charge in [0.2, 0.25) is 0 Å². The number of hydrogen-bond acceptors (Lipinski definition) is 8. The Labute approximate surface area is 202 Å². The largest absolute Gasteiger partial charge is 0.497 e. The number of anilines is 2. The fourth-order valence-electron chi connectivity index (χ4n) is 3.58. The second-order valence-electron chi connectivity index (χ2n) is 7.70. The van der Waals surface area contributed by atoms with Crippen molar-refractivity contribution in [3.05, 3.63) is 65.2 Å². The van der Waals surface area contributed by atoms with E-state index in [-0.39, 0.29) is 27.4 Å². The molecule has 4 rings (SSSR count). The van der Waals surface area contributed by atoms with Gasteiger partial charge in [0, 0.05) is 42.8 Å². The van der Waals surface area contributed by atoms with E-state index in [2.05, 4.69) is 14.6 Å². The zero-order valence-corrected chi connectivity index (χ0v) is 20.4. The number of carbonyl (C=O) groups is 2. The Morgan fingerprint density at radius 1 is 1.00 bits per heavy atom. The van der Waals surface area contributed by atoms with Gasteiger partial charge in [-0.3, -0.25) is 14.3 Å². The monoisotopic (exact) mass is 500 g/mol. The van der Waals surface area contributed by atoms with Gasteiger partial charge < -0.3 is 14.5 Å². The van der Waals surface area contributed by atoms with Crippen LogP contribution >= 0.6 is 11.3 Å². The molecule has 1 N–H and O–H groups in total. The minimum Gasteiger partial charge on any atom is -0.497 e. The summed E-state index contributed by atoms with van der Waals surface area (Å²) in [7, 11) is -2.33. The Morgan fingerprint density at radius 3 is 2.24 bits per heavy atom. The number of aromatic nitrogens is 1. The SMILES string of the molecule is COc1ccc(S(=O)(=O)Nc2nc(C(=O)N3CCN(c4ccc(C(C)=O)cc4)CC3)cs2)cc1. The molecule has 0 bridgehead atoms. The maximum atomic E-state index is 12.9. The summed E-state index contributed by atoms with van der Waals surface area (Å²) in [6.45, 7) is 3.85. The maximum Gasteiger partial charge on any atom is 0.273 e. The van der Waals surface area contributed by atoms with Crippen molar-refractivity contribution in [3.8, 4) is 5.75 Å². The topological polar surface area (TPSA) is 109 Å². The van der Waals surface area contributed by atoms with Crippen LogP contribution < -0.4 is 14.4 Å². The first-order valence-corrected chi connectivity index (χ1v) is 12.9. The highest BCUT2D eigenvalue weighted by molar-refractivity contribution is 7.93. The number of thiazole rings is 1. The molecule has 1 amide bonds. The number of benzene rings is 2. The van der Waals surface area contributed by atoms with E-state index < -0.39 is 10.0 Å². The van der Waals surface area contributed by atoms with Gasteiger partial charge >= 0.3 is 0 Å². The van der Waals surface area contributed by atoms with E-state index in [0.29, 0.717) is 37.5 Å². The molecule has 3 aromatic rings. The fraction of sp³-hybridized carbons (Fsp3) is 0.261. The quantitative estimate of drug-likeness (QED) is 0.497. The van der Waals surface area contributed by atoms with Crippen molar-refractivity contribution < 1.29 is 22.7 Å². The third kappa shape index (κ3) is 5.20.